The molecule has 0 amide bonds. The highest BCUT2D eigenvalue weighted by Crippen LogP contribution is 2.32. The fourth-order valence-corrected chi connectivity index (χ4v) is 1.96. The maximum Gasteiger partial charge on any atom is 0.574 e. The highest BCUT2D eigenvalue weighted by molar-refractivity contribution is 5.85. The Hall–Kier alpha value is -1.69. The van der Waals surface area contributed by atoms with Crippen LogP contribution in [0.15, 0.2) is 24.3 Å². The average molecular weight is 272 g/mol. The normalized spacial score (nSPS) is 12.3. The number of benzene rings is 1. The molecule has 19 heavy (non-hydrogen) atoms. The summed E-state index contributed by atoms with van der Waals surface area (Å²) in [4.78, 5) is 4.60. The van der Waals surface area contributed by atoms with Crippen molar-refractivity contribution in [1.29, 1.82) is 0 Å². The van der Waals surface area contributed by atoms with Gasteiger partial charge in [-0.05, 0) is 26.6 Å². The first-order chi connectivity index (χ1) is 8.87. The molecule has 2 rings (SSSR count). The zero-order chi connectivity index (χ0) is 14.0. The van der Waals surface area contributed by atoms with E-state index in [9.17, 15) is 13.2 Å². The minimum atomic E-state index is -4.69. The second-order valence-corrected chi connectivity index (χ2v) is 4.58. The Balaban J connectivity index is 2.40. The van der Waals surface area contributed by atoms with Crippen molar-refractivity contribution in [3.8, 4) is 5.88 Å². The number of hydrogen-bond acceptors (Lipinski definition) is 2. The standard InChI is InChI=1S/C13H15F3N2O/c1-18(2)8-7-10-9-5-3-4-6-11(9)17-12(10)19-13(14,15)16/h3-6,17H,7-8H2,1-2H3. The Labute approximate surface area is 109 Å². The maximum atomic E-state index is 12.4. The van der Waals surface area contributed by atoms with Crippen LogP contribution in [0.25, 0.3) is 10.9 Å². The van der Waals surface area contributed by atoms with E-state index in [1.807, 2.05) is 19.0 Å². The molecule has 0 bridgehead atoms. The number of fused-ring (bicyclic) bond motifs is 1. The van der Waals surface area contributed by atoms with Crippen LogP contribution < -0.4 is 4.74 Å². The molecule has 0 unspecified atom stereocenters. The maximum absolute atomic E-state index is 12.4. The van der Waals surface area contributed by atoms with Crippen molar-refractivity contribution in [2.24, 2.45) is 0 Å². The zero-order valence-electron chi connectivity index (χ0n) is 10.7. The molecular weight excluding hydrogens is 257 g/mol. The first-order valence-corrected chi connectivity index (χ1v) is 5.87. The minimum absolute atomic E-state index is 0.212. The quantitative estimate of drug-likeness (QED) is 0.926. The molecule has 0 atom stereocenters. The van der Waals surface area contributed by atoms with E-state index in [1.54, 1.807) is 24.3 Å². The zero-order valence-corrected chi connectivity index (χ0v) is 10.7. The van der Waals surface area contributed by atoms with E-state index < -0.39 is 6.36 Å². The fraction of sp³-hybridized carbons (Fsp3) is 0.385. The molecule has 0 aliphatic heterocycles. The fourth-order valence-electron chi connectivity index (χ4n) is 1.96. The van der Waals surface area contributed by atoms with Gasteiger partial charge in [0.2, 0.25) is 5.88 Å². The number of ether oxygens (including phenoxy) is 1. The number of nitrogens with zero attached hydrogens (tertiary/aromatic N) is 1. The van der Waals surface area contributed by atoms with Gasteiger partial charge in [0.05, 0.1) is 0 Å². The molecule has 2 aromatic rings. The molecule has 1 heterocycles. The molecule has 104 valence electrons. The smallest absolute Gasteiger partial charge is 0.390 e. The van der Waals surface area contributed by atoms with E-state index in [0.717, 1.165) is 5.39 Å². The molecule has 6 heteroatoms. The van der Waals surface area contributed by atoms with Crippen molar-refractivity contribution in [1.82, 2.24) is 9.88 Å². The van der Waals surface area contributed by atoms with Crippen molar-refractivity contribution in [2.75, 3.05) is 20.6 Å². The van der Waals surface area contributed by atoms with Gasteiger partial charge < -0.3 is 14.6 Å². The monoisotopic (exact) mass is 272 g/mol. The third-order valence-electron chi connectivity index (χ3n) is 2.80. The molecule has 0 saturated heterocycles. The van der Waals surface area contributed by atoms with E-state index in [4.69, 9.17) is 0 Å². The Morgan fingerprint density at radius 2 is 1.89 bits per heavy atom. The molecule has 0 aliphatic rings. The molecule has 0 radical (unpaired) electrons. The minimum Gasteiger partial charge on any atom is -0.390 e. The number of H-pyrrole nitrogens is 1. The molecule has 0 aliphatic carbocycles. The van der Waals surface area contributed by atoms with E-state index in [1.165, 1.54) is 0 Å². The predicted molar refractivity (Wildman–Crippen MR) is 67.2 cm³/mol. The molecule has 1 aromatic heterocycles. The molecule has 1 aromatic carbocycles. The van der Waals surface area contributed by atoms with E-state index in [-0.39, 0.29) is 5.88 Å². The average Bonchev–Trinajstić information content (AvgIpc) is 2.61. The molecule has 0 saturated carbocycles. The number of aromatic nitrogens is 1. The number of para-hydroxylation sites is 1. The largest absolute Gasteiger partial charge is 0.574 e. The van der Waals surface area contributed by atoms with Gasteiger partial charge >= 0.3 is 6.36 Å². The van der Waals surface area contributed by atoms with Gasteiger partial charge in [0.25, 0.3) is 0 Å². The summed E-state index contributed by atoms with van der Waals surface area (Å²) in [7, 11) is 3.75. The molecular formula is C13H15F3N2O. The van der Waals surface area contributed by atoms with Gasteiger partial charge in [-0.15, -0.1) is 13.2 Å². The van der Waals surface area contributed by atoms with Crippen LogP contribution >= 0.6 is 0 Å². The summed E-state index contributed by atoms with van der Waals surface area (Å²) in [6.45, 7) is 0.649. The topological polar surface area (TPSA) is 28.3 Å². The summed E-state index contributed by atoms with van der Waals surface area (Å²) in [5.41, 5.74) is 1.21. The van der Waals surface area contributed by atoms with Crippen LogP contribution in [-0.2, 0) is 6.42 Å². The van der Waals surface area contributed by atoms with Crippen LogP contribution in [0.2, 0.25) is 0 Å². The lowest BCUT2D eigenvalue weighted by atomic mass is 10.1. The van der Waals surface area contributed by atoms with Gasteiger partial charge in [-0.25, -0.2) is 0 Å². The number of halogens is 3. The third kappa shape index (κ3) is 3.41. The first-order valence-electron chi connectivity index (χ1n) is 5.87. The van der Waals surface area contributed by atoms with Crippen LogP contribution in [0.4, 0.5) is 13.2 Å². The van der Waals surface area contributed by atoms with Gasteiger partial charge in [-0.2, -0.15) is 0 Å². The summed E-state index contributed by atoms with van der Waals surface area (Å²) in [5.74, 6) is -0.212. The van der Waals surface area contributed by atoms with Gasteiger partial charge in [0.15, 0.2) is 0 Å². The second kappa shape index (κ2) is 5.13. The highest BCUT2D eigenvalue weighted by Gasteiger charge is 2.33. The van der Waals surface area contributed by atoms with Gasteiger partial charge in [-0.3, -0.25) is 0 Å². The van der Waals surface area contributed by atoms with Crippen LogP contribution in [-0.4, -0.2) is 36.9 Å². The van der Waals surface area contributed by atoms with Crippen molar-refractivity contribution in [3.05, 3.63) is 29.8 Å². The van der Waals surface area contributed by atoms with Gasteiger partial charge in [0, 0.05) is 23.0 Å². The lowest BCUT2D eigenvalue weighted by Gasteiger charge is -2.12. The lowest BCUT2D eigenvalue weighted by Crippen LogP contribution is -2.19. The van der Waals surface area contributed by atoms with Crippen molar-refractivity contribution in [3.63, 3.8) is 0 Å². The number of hydrogen-bond donors (Lipinski definition) is 1. The van der Waals surface area contributed by atoms with Crippen molar-refractivity contribution in [2.45, 2.75) is 12.8 Å². The Bertz CT molecular complexity index is 561. The van der Waals surface area contributed by atoms with Crippen molar-refractivity contribution < 1.29 is 17.9 Å². The molecule has 1 N–H and O–H groups in total. The van der Waals surface area contributed by atoms with Crippen LogP contribution in [0.5, 0.6) is 5.88 Å². The van der Waals surface area contributed by atoms with Gasteiger partial charge in [-0.1, -0.05) is 18.2 Å². The summed E-state index contributed by atoms with van der Waals surface area (Å²) in [5, 5.41) is 0.767. The van der Waals surface area contributed by atoms with Crippen LogP contribution in [0, 0.1) is 0 Å². The van der Waals surface area contributed by atoms with Crippen molar-refractivity contribution >= 4 is 10.9 Å². The third-order valence-corrected chi connectivity index (χ3v) is 2.80. The number of aromatic amines is 1. The van der Waals surface area contributed by atoms with E-state index in [0.29, 0.717) is 24.0 Å². The van der Waals surface area contributed by atoms with Crippen LogP contribution in [0.3, 0.4) is 0 Å². The Morgan fingerprint density at radius 1 is 1.21 bits per heavy atom. The molecule has 0 spiro atoms. The number of alkyl halides is 3. The SMILES string of the molecule is CN(C)CCc1c(OC(F)(F)F)[nH]c2ccccc12. The lowest BCUT2D eigenvalue weighted by molar-refractivity contribution is -0.276. The van der Waals surface area contributed by atoms with Gasteiger partial charge in [0.1, 0.15) is 0 Å². The van der Waals surface area contributed by atoms with E-state index in [2.05, 4.69) is 9.72 Å². The summed E-state index contributed by atoms with van der Waals surface area (Å²) < 4.78 is 41.3. The Kier molecular flexibility index (Phi) is 3.71. The van der Waals surface area contributed by atoms with E-state index >= 15 is 0 Å². The molecule has 0 fully saturated rings. The number of nitrogens with one attached hydrogen (secondary N) is 1. The number of likely N-dealkylation sites (N-methyl/N-ethyl adjacent to an activating group) is 1. The predicted octanol–water partition coefficient (Wildman–Crippen LogP) is 3.17. The summed E-state index contributed by atoms with van der Waals surface area (Å²) >= 11 is 0. The van der Waals surface area contributed by atoms with Crippen LogP contribution in [0.1, 0.15) is 5.56 Å². The highest BCUT2D eigenvalue weighted by atomic mass is 19.4. The Morgan fingerprint density at radius 3 is 2.53 bits per heavy atom. The number of rotatable bonds is 4. The summed E-state index contributed by atoms with van der Waals surface area (Å²) in [6.07, 6.45) is -4.20. The first kappa shape index (κ1) is 13.7. The summed E-state index contributed by atoms with van der Waals surface area (Å²) in [6, 6.07) is 7.09. The molecule has 3 nitrogen and oxygen atoms in total. The second-order valence-electron chi connectivity index (χ2n) is 4.58.